The van der Waals surface area contributed by atoms with Gasteiger partial charge in [-0.3, -0.25) is 29.2 Å². The van der Waals surface area contributed by atoms with Gasteiger partial charge in [0.2, 0.25) is 11.8 Å². The second-order valence-electron chi connectivity index (χ2n) is 18.5. The van der Waals surface area contributed by atoms with Crippen molar-refractivity contribution in [3.8, 4) is 28.1 Å². The largest absolute Gasteiger partial charge is 0.508 e. The predicted molar refractivity (Wildman–Crippen MR) is 296 cm³/mol. The van der Waals surface area contributed by atoms with E-state index in [1.165, 1.54) is 9.91 Å². The molecule has 0 spiro atoms. The highest BCUT2D eigenvalue weighted by atomic mass is 32.1. The van der Waals surface area contributed by atoms with Crippen LogP contribution in [0.4, 0.5) is 0 Å². The van der Waals surface area contributed by atoms with Crippen LogP contribution in [0.3, 0.4) is 0 Å². The van der Waals surface area contributed by atoms with Crippen molar-refractivity contribution in [2.24, 2.45) is 23.2 Å². The molecule has 3 aliphatic rings. The normalized spacial score (nSPS) is 20.6. The van der Waals surface area contributed by atoms with E-state index in [9.17, 15) is 24.3 Å². The molecule has 4 aromatic rings. The van der Waals surface area contributed by atoms with Gasteiger partial charge in [-0.1, -0.05) is 46.8 Å². The lowest BCUT2D eigenvalue weighted by Crippen LogP contribution is -2.62. The number of benzene rings is 2. The number of phenolic OH excluding ortho intramolecular Hbond substituents is 1. The van der Waals surface area contributed by atoms with Crippen molar-refractivity contribution in [1.82, 2.24) is 30.2 Å². The molecule has 1 saturated heterocycles. The number of hydrogen-bond acceptors (Lipinski definition) is 9. The number of hydrogen-bond donors (Lipinski definition) is 3. The van der Waals surface area contributed by atoms with Gasteiger partial charge < -0.3 is 29.4 Å². The molecule has 2 aromatic carbocycles. The molecule has 2 aliphatic heterocycles. The van der Waals surface area contributed by atoms with E-state index in [0.29, 0.717) is 37.9 Å². The molecule has 0 unspecified atom stereocenters. The molecule has 1 aliphatic carbocycles. The quantitative estimate of drug-likeness (QED) is 0.147. The molecule has 3 amide bonds. The standard InChI is InChI=1S/C48H62N6O7.6H2S/c1-10-53-40-16-15-31-24-36(40)37(43(53)34-13-11-17-49-41(34)29(5)60-9)25-48(6,7)26-61-47(59)38-14-12-18-54(51-38)46(58)39(22-30-20-32(31)23-33(55)21-30)50-44(56)42(27(2)3)52(8)45(57)35-19-28(35)4;;;;;;/h11,13,15-17,20-21,23-24,27-29,35,38-39,42,51,55H,10,12,14,18-19,22,25-26H2,1-9H3,(H,50,56);6*1H2/t28-,29-,35-,38-,39-,42-;;;;;;/m0....../s1. The molecule has 3 N–H and O–H groups in total. The third-order valence-corrected chi connectivity index (χ3v) is 12.8. The van der Waals surface area contributed by atoms with Gasteiger partial charge in [0.05, 0.1) is 24.1 Å². The van der Waals surface area contributed by atoms with E-state index in [4.69, 9.17) is 14.5 Å². The fraction of sp³-hybridized carbons (Fsp3) is 0.521. The fourth-order valence-corrected chi connectivity index (χ4v) is 9.31. The van der Waals surface area contributed by atoms with Crippen LogP contribution < -0.4 is 10.7 Å². The summed E-state index contributed by atoms with van der Waals surface area (Å²) in [6.45, 7) is 15.2. The van der Waals surface area contributed by atoms with E-state index in [0.717, 1.165) is 51.0 Å². The van der Waals surface area contributed by atoms with Crippen molar-refractivity contribution < 1.29 is 33.8 Å². The van der Waals surface area contributed by atoms with Crippen LogP contribution in [-0.2, 0) is 48.0 Å². The molecule has 67 heavy (non-hydrogen) atoms. The van der Waals surface area contributed by atoms with Gasteiger partial charge in [0, 0.05) is 67.7 Å². The highest BCUT2D eigenvalue weighted by Crippen LogP contribution is 2.43. The van der Waals surface area contributed by atoms with E-state index >= 15 is 0 Å². The fourth-order valence-electron chi connectivity index (χ4n) is 9.31. The highest BCUT2D eigenvalue weighted by Gasteiger charge is 2.44. The number of nitrogens with one attached hydrogen (secondary N) is 2. The summed E-state index contributed by atoms with van der Waals surface area (Å²) in [7, 11) is 3.34. The molecule has 19 heteroatoms. The minimum atomic E-state index is -1.09. The number of rotatable bonds is 9. The van der Waals surface area contributed by atoms with Crippen molar-refractivity contribution in [2.75, 3.05) is 27.3 Å². The Balaban J connectivity index is 0.00000374. The lowest BCUT2D eigenvalue weighted by Gasteiger charge is -2.36. The molecular formula is C48H74N6O7S6. The van der Waals surface area contributed by atoms with Crippen LogP contribution in [0.25, 0.3) is 33.3 Å². The Hall–Kier alpha value is -3.17. The number of phenols is 1. The molecule has 0 radical (unpaired) electrons. The molecule has 374 valence electrons. The number of cyclic esters (lactones) is 1. The van der Waals surface area contributed by atoms with Crippen molar-refractivity contribution in [2.45, 2.75) is 111 Å². The number of carbonyl (C=O) groups is 4. The number of esters is 1. The first kappa shape index (κ1) is 61.8. The Labute approximate surface area is 438 Å². The zero-order chi connectivity index (χ0) is 43.9. The Morgan fingerprint density at radius 2 is 1.72 bits per heavy atom. The van der Waals surface area contributed by atoms with Crippen LogP contribution in [0.1, 0.15) is 90.7 Å². The minimum absolute atomic E-state index is 0. The third kappa shape index (κ3) is 13.4. The molecule has 1 saturated carbocycles. The number of amides is 3. The van der Waals surface area contributed by atoms with Gasteiger partial charge in [-0.25, -0.2) is 5.43 Å². The maximum Gasteiger partial charge on any atom is 0.324 e. The topological polar surface area (TPSA) is 155 Å². The number of fused-ring (bicyclic) bond motifs is 6. The van der Waals surface area contributed by atoms with Crippen LogP contribution in [0.2, 0.25) is 0 Å². The average molecular weight is 1040 g/mol. The Morgan fingerprint density at radius 3 is 2.34 bits per heavy atom. The monoisotopic (exact) mass is 1040 g/mol. The number of likely N-dealkylation sites (N-methyl/N-ethyl adjacent to an activating group) is 1. The van der Waals surface area contributed by atoms with Crippen LogP contribution in [0.15, 0.2) is 54.7 Å². The Morgan fingerprint density at radius 1 is 1.03 bits per heavy atom. The van der Waals surface area contributed by atoms with Crippen LogP contribution in [0, 0.1) is 23.2 Å². The van der Waals surface area contributed by atoms with Gasteiger partial charge in [-0.2, -0.15) is 81.0 Å². The van der Waals surface area contributed by atoms with E-state index in [2.05, 4.69) is 54.3 Å². The van der Waals surface area contributed by atoms with Crippen LogP contribution in [-0.4, -0.2) is 93.7 Å². The maximum absolute atomic E-state index is 14.6. The molecule has 4 heterocycles. The summed E-state index contributed by atoms with van der Waals surface area (Å²) in [6.07, 6.45) is 3.91. The van der Waals surface area contributed by atoms with Crippen molar-refractivity contribution in [3.05, 3.63) is 71.5 Å². The number of hydrazine groups is 1. The zero-order valence-electron chi connectivity index (χ0n) is 40.1. The van der Waals surface area contributed by atoms with Gasteiger partial charge in [0.25, 0.3) is 5.91 Å². The van der Waals surface area contributed by atoms with E-state index < -0.39 is 41.3 Å². The number of aryl methyl sites for hydroxylation is 1. The lowest BCUT2D eigenvalue weighted by molar-refractivity contribution is -0.155. The maximum atomic E-state index is 14.6. The van der Waals surface area contributed by atoms with Crippen LogP contribution in [0.5, 0.6) is 5.75 Å². The summed E-state index contributed by atoms with van der Waals surface area (Å²) >= 11 is 0. The summed E-state index contributed by atoms with van der Waals surface area (Å²) in [5.41, 5.74) is 9.74. The molecule has 13 nitrogen and oxygen atoms in total. The number of aromatic hydroxyl groups is 1. The van der Waals surface area contributed by atoms with Crippen molar-refractivity contribution in [3.63, 3.8) is 0 Å². The summed E-state index contributed by atoms with van der Waals surface area (Å²) < 4.78 is 14.2. The minimum Gasteiger partial charge on any atom is -0.508 e. The number of carbonyl (C=O) groups excluding carboxylic acids is 4. The lowest BCUT2D eigenvalue weighted by atomic mass is 9.84. The summed E-state index contributed by atoms with van der Waals surface area (Å²) in [4.78, 5) is 62.4. The van der Waals surface area contributed by atoms with Gasteiger partial charge in [-0.05, 0) is 110 Å². The zero-order valence-corrected chi connectivity index (χ0v) is 46.1. The molecule has 2 aromatic heterocycles. The van der Waals surface area contributed by atoms with E-state index in [1.807, 2.05) is 45.9 Å². The van der Waals surface area contributed by atoms with Gasteiger partial charge in [0.1, 0.15) is 23.9 Å². The first-order valence-electron chi connectivity index (χ1n) is 21.8. The highest BCUT2D eigenvalue weighted by molar-refractivity contribution is 7.60. The first-order valence-corrected chi connectivity index (χ1v) is 21.8. The molecule has 6 atom stereocenters. The molecule has 6 bridgehead atoms. The second-order valence-corrected chi connectivity index (χ2v) is 18.5. The van der Waals surface area contributed by atoms with Gasteiger partial charge in [0.15, 0.2) is 0 Å². The summed E-state index contributed by atoms with van der Waals surface area (Å²) in [5, 5.41) is 16.7. The Kier molecular flexibility index (Phi) is 23.6. The summed E-state index contributed by atoms with van der Waals surface area (Å²) in [6, 6.07) is 12.9. The average Bonchev–Trinajstić information content (AvgIpc) is 3.90. The number of pyridine rings is 1. The second kappa shape index (κ2) is 25.6. The molecular weight excluding hydrogens is 965 g/mol. The Bertz CT molecular complexity index is 2350. The first-order chi connectivity index (χ1) is 29.0. The van der Waals surface area contributed by atoms with E-state index in [1.54, 1.807) is 32.5 Å². The number of nitrogens with zero attached hydrogens (tertiary/aromatic N) is 4. The number of ether oxygens (including phenoxy) is 2. The van der Waals surface area contributed by atoms with E-state index in [-0.39, 0.29) is 130 Å². The van der Waals surface area contributed by atoms with Gasteiger partial charge >= 0.3 is 5.97 Å². The van der Waals surface area contributed by atoms with Crippen molar-refractivity contribution in [1.29, 1.82) is 0 Å². The predicted octanol–water partition coefficient (Wildman–Crippen LogP) is 7.27. The molecule has 2 fully saturated rings. The van der Waals surface area contributed by atoms with Gasteiger partial charge in [-0.15, -0.1) is 0 Å². The van der Waals surface area contributed by atoms with Crippen molar-refractivity contribution >= 4 is 116 Å². The number of aromatic nitrogens is 2. The number of methoxy groups -OCH3 is 1. The molecule has 7 rings (SSSR count). The SMILES string of the molecule is CCn1c(-c2cccnc2[C@H](C)OC)c2c3cc(ccc31)-c1cc(O)cc(c1)C[C@H](NC(=O)[C@H](C(C)C)N(C)C(=O)[C@H]1C[C@@H]1C)C(=O)N1CCC[C@H](N1)C(=O)OCC(C)(C)C2.S.S.S.S.S.S. The third-order valence-electron chi connectivity index (χ3n) is 12.8. The summed E-state index contributed by atoms with van der Waals surface area (Å²) in [5.74, 6) is -1.48. The smallest absolute Gasteiger partial charge is 0.324 e. The van der Waals surface area contributed by atoms with Crippen LogP contribution >= 0.6 is 81.0 Å².